The van der Waals surface area contributed by atoms with E-state index < -0.39 is 0 Å². The lowest BCUT2D eigenvalue weighted by Gasteiger charge is -2.16. The van der Waals surface area contributed by atoms with Gasteiger partial charge < -0.3 is 9.47 Å². The third-order valence-electron chi connectivity index (χ3n) is 2.03. The van der Waals surface area contributed by atoms with E-state index in [1.54, 1.807) is 0 Å². The molecule has 0 atom stereocenters. The zero-order chi connectivity index (χ0) is 10.6. The molecule has 0 N–H and O–H groups in total. The molecular weight excluding hydrogens is 244 g/mol. The van der Waals surface area contributed by atoms with Gasteiger partial charge in [0, 0.05) is 18.5 Å². The van der Waals surface area contributed by atoms with Gasteiger partial charge in [0.1, 0.15) is 0 Å². The van der Waals surface area contributed by atoms with Crippen LogP contribution in [0.25, 0.3) is 0 Å². The molecule has 0 rings (SSSR count). The lowest BCUT2D eigenvalue weighted by molar-refractivity contribution is -0.140. The third kappa shape index (κ3) is 8.97. The maximum Gasteiger partial charge on any atom is 0.157 e. The highest BCUT2D eigenvalue weighted by Crippen LogP contribution is 2.10. The monoisotopic (exact) mass is 266 g/mol. The Morgan fingerprint density at radius 1 is 0.929 bits per heavy atom. The maximum atomic E-state index is 5.46. The van der Waals surface area contributed by atoms with E-state index in [0.29, 0.717) is 0 Å². The molecule has 0 fully saturated rings. The number of rotatable bonds is 10. The Balaban J connectivity index is 3.30. The summed E-state index contributed by atoms with van der Waals surface area (Å²) in [6.07, 6.45) is 6.11. The van der Waals surface area contributed by atoms with E-state index in [4.69, 9.17) is 9.47 Å². The molecule has 0 radical (unpaired) electrons. The summed E-state index contributed by atoms with van der Waals surface area (Å²) in [7, 11) is 0. The average Bonchev–Trinajstić information content (AvgIpc) is 2.18. The Bertz CT molecular complexity index is 103. The van der Waals surface area contributed by atoms with Crippen LogP contribution < -0.4 is 0 Å². The molecule has 0 aromatic rings. The minimum atomic E-state index is 0.0222. The van der Waals surface area contributed by atoms with Gasteiger partial charge in [0.2, 0.25) is 0 Å². The van der Waals surface area contributed by atoms with Crippen LogP contribution in [0.2, 0.25) is 0 Å². The molecule has 0 bridgehead atoms. The number of hydrogen-bond acceptors (Lipinski definition) is 2. The minimum absolute atomic E-state index is 0.0222. The third-order valence-corrected chi connectivity index (χ3v) is 2.59. The fraction of sp³-hybridized carbons (Fsp3) is 1.00. The molecule has 2 nitrogen and oxygen atoms in total. The molecule has 0 aromatic carbocycles. The quantitative estimate of drug-likeness (QED) is 0.341. The second kappa shape index (κ2) is 11.5. The van der Waals surface area contributed by atoms with Crippen LogP contribution in [0.3, 0.4) is 0 Å². The van der Waals surface area contributed by atoms with E-state index in [0.717, 1.165) is 25.0 Å². The zero-order valence-electron chi connectivity index (χ0n) is 9.43. The predicted octanol–water partition coefficient (Wildman–Crippen LogP) is 3.73. The minimum Gasteiger partial charge on any atom is -0.353 e. The Labute approximate surface area is 96.5 Å². The summed E-state index contributed by atoms with van der Waals surface area (Å²) in [4.78, 5) is 0. The van der Waals surface area contributed by atoms with Gasteiger partial charge in [0.25, 0.3) is 0 Å². The van der Waals surface area contributed by atoms with Crippen molar-refractivity contribution in [2.75, 3.05) is 18.5 Å². The molecule has 0 unspecified atom stereocenters. The van der Waals surface area contributed by atoms with E-state index in [1.165, 1.54) is 25.7 Å². The molecule has 0 aliphatic carbocycles. The van der Waals surface area contributed by atoms with Crippen LogP contribution in [0.15, 0.2) is 0 Å². The van der Waals surface area contributed by atoms with Crippen LogP contribution in [0, 0.1) is 0 Å². The summed E-state index contributed by atoms with van der Waals surface area (Å²) < 4.78 is 10.9. The molecule has 14 heavy (non-hydrogen) atoms. The van der Waals surface area contributed by atoms with Crippen LogP contribution in [0.4, 0.5) is 0 Å². The van der Waals surface area contributed by atoms with Crippen LogP contribution in [0.1, 0.15) is 46.0 Å². The highest BCUT2D eigenvalue weighted by molar-refractivity contribution is 9.09. The molecule has 0 spiro atoms. The first kappa shape index (κ1) is 14.4. The van der Waals surface area contributed by atoms with Crippen molar-refractivity contribution >= 4 is 15.9 Å². The number of ether oxygens (including phenoxy) is 2. The van der Waals surface area contributed by atoms with Gasteiger partial charge in [0.05, 0.1) is 0 Å². The summed E-state index contributed by atoms with van der Waals surface area (Å²) in [5.41, 5.74) is 0. The maximum absolute atomic E-state index is 5.46. The van der Waals surface area contributed by atoms with Gasteiger partial charge in [-0.3, -0.25) is 0 Å². The summed E-state index contributed by atoms with van der Waals surface area (Å²) >= 11 is 3.43. The van der Waals surface area contributed by atoms with Crippen LogP contribution >= 0.6 is 15.9 Å². The lowest BCUT2D eigenvalue weighted by atomic mass is 10.1. The number of alkyl halides is 1. The highest BCUT2D eigenvalue weighted by atomic mass is 79.9. The molecular formula is C11H23BrO2. The predicted molar refractivity (Wildman–Crippen MR) is 63.9 cm³/mol. The Morgan fingerprint density at radius 2 is 1.50 bits per heavy atom. The number of halogens is 1. The molecule has 0 aliphatic heterocycles. The number of unbranched alkanes of at least 4 members (excludes halogenated alkanes) is 3. The fourth-order valence-corrected chi connectivity index (χ4v) is 1.74. The second-order valence-corrected chi connectivity index (χ2v) is 4.03. The van der Waals surface area contributed by atoms with Crippen LogP contribution in [-0.4, -0.2) is 24.8 Å². The first-order chi connectivity index (χ1) is 6.85. The van der Waals surface area contributed by atoms with Crippen LogP contribution in [-0.2, 0) is 9.47 Å². The van der Waals surface area contributed by atoms with E-state index in [1.807, 2.05) is 13.8 Å². The molecule has 0 saturated heterocycles. The average molecular weight is 267 g/mol. The smallest absolute Gasteiger partial charge is 0.157 e. The Kier molecular flexibility index (Phi) is 11.8. The van der Waals surface area contributed by atoms with E-state index in [9.17, 15) is 0 Å². The van der Waals surface area contributed by atoms with E-state index in [-0.39, 0.29) is 6.29 Å². The second-order valence-electron chi connectivity index (χ2n) is 3.23. The van der Waals surface area contributed by atoms with Gasteiger partial charge >= 0.3 is 0 Å². The first-order valence-corrected chi connectivity index (χ1v) is 6.76. The van der Waals surface area contributed by atoms with Crippen molar-refractivity contribution < 1.29 is 9.47 Å². The van der Waals surface area contributed by atoms with Gasteiger partial charge in [-0.05, 0) is 33.1 Å². The Hall–Kier alpha value is 0.400. The van der Waals surface area contributed by atoms with E-state index >= 15 is 0 Å². The number of hydrogen-bond donors (Lipinski definition) is 0. The molecule has 0 amide bonds. The molecule has 86 valence electrons. The molecule has 0 aliphatic rings. The largest absolute Gasteiger partial charge is 0.353 e. The zero-order valence-corrected chi connectivity index (χ0v) is 11.0. The molecule has 0 aromatic heterocycles. The first-order valence-electron chi connectivity index (χ1n) is 5.64. The summed E-state index contributed by atoms with van der Waals surface area (Å²) in [6, 6.07) is 0. The van der Waals surface area contributed by atoms with Gasteiger partial charge in [-0.25, -0.2) is 0 Å². The fourth-order valence-electron chi connectivity index (χ4n) is 1.35. The van der Waals surface area contributed by atoms with Crippen molar-refractivity contribution in [1.29, 1.82) is 0 Å². The van der Waals surface area contributed by atoms with Gasteiger partial charge in [-0.15, -0.1) is 0 Å². The SMILES string of the molecule is CCOC(CCCCCCBr)OCC. The van der Waals surface area contributed by atoms with Crippen LogP contribution in [0.5, 0.6) is 0 Å². The summed E-state index contributed by atoms with van der Waals surface area (Å²) in [5, 5.41) is 1.12. The van der Waals surface area contributed by atoms with Gasteiger partial charge in [0.15, 0.2) is 6.29 Å². The molecule has 0 saturated carbocycles. The van der Waals surface area contributed by atoms with Crippen molar-refractivity contribution in [2.45, 2.75) is 52.2 Å². The Morgan fingerprint density at radius 3 is 2.00 bits per heavy atom. The van der Waals surface area contributed by atoms with Gasteiger partial charge in [-0.2, -0.15) is 0 Å². The topological polar surface area (TPSA) is 18.5 Å². The van der Waals surface area contributed by atoms with Crippen molar-refractivity contribution in [2.24, 2.45) is 0 Å². The van der Waals surface area contributed by atoms with Crippen molar-refractivity contribution in [1.82, 2.24) is 0 Å². The van der Waals surface area contributed by atoms with Gasteiger partial charge in [-0.1, -0.05) is 28.8 Å². The standard InChI is InChI=1S/C11H23BrO2/c1-3-13-11(14-4-2)9-7-5-6-8-10-12/h11H,3-10H2,1-2H3. The molecule has 3 heteroatoms. The van der Waals surface area contributed by atoms with E-state index in [2.05, 4.69) is 15.9 Å². The molecule has 0 heterocycles. The summed E-state index contributed by atoms with van der Waals surface area (Å²) in [5.74, 6) is 0. The lowest BCUT2D eigenvalue weighted by Crippen LogP contribution is -2.17. The normalized spacial score (nSPS) is 11.1. The van der Waals surface area contributed by atoms with Crippen molar-refractivity contribution in [3.05, 3.63) is 0 Å². The van der Waals surface area contributed by atoms with Crippen molar-refractivity contribution in [3.8, 4) is 0 Å². The summed E-state index contributed by atoms with van der Waals surface area (Å²) in [6.45, 7) is 5.51. The highest BCUT2D eigenvalue weighted by Gasteiger charge is 2.06. The van der Waals surface area contributed by atoms with Crippen molar-refractivity contribution in [3.63, 3.8) is 0 Å².